The molecule has 0 radical (unpaired) electrons. The molecule has 0 unspecified atom stereocenters. The summed E-state index contributed by atoms with van der Waals surface area (Å²) in [6, 6.07) is 9.45. The van der Waals surface area contributed by atoms with E-state index in [0.29, 0.717) is 5.75 Å². The summed E-state index contributed by atoms with van der Waals surface area (Å²) < 4.78 is 11.1. The van der Waals surface area contributed by atoms with Crippen molar-refractivity contribution < 1.29 is 9.00 Å². The Balaban J connectivity index is 2.03. The lowest BCUT2D eigenvalue weighted by Gasteiger charge is -2.13. The first-order valence-corrected chi connectivity index (χ1v) is 9.58. The average molecular weight is 336 g/mol. The summed E-state index contributed by atoms with van der Waals surface area (Å²) in [4.78, 5) is 13.2. The largest absolute Gasteiger partial charge is 0.334 e. The van der Waals surface area contributed by atoms with Crippen molar-refractivity contribution in [2.24, 2.45) is 0 Å². The molecule has 1 aromatic carbocycles. The molecule has 118 valence electrons. The standard InChI is InChI=1S/C16H20N2O2S2/c1-11-7-8-21-15(11)13-5-4-6-14(9-13)18-16(19)17-12(2)10-22(3)20/h4-9,12H,10H2,1-3H3,(H2,17,18,19)/t12-,22-/m1/s1. The van der Waals surface area contributed by atoms with Gasteiger partial charge in [-0.05, 0) is 48.6 Å². The van der Waals surface area contributed by atoms with E-state index in [0.717, 1.165) is 11.3 Å². The summed E-state index contributed by atoms with van der Waals surface area (Å²) in [6.07, 6.45) is 1.63. The number of urea groups is 1. The minimum Gasteiger partial charge on any atom is -0.334 e. The van der Waals surface area contributed by atoms with Gasteiger partial charge in [0.15, 0.2) is 0 Å². The van der Waals surface area contributed by atoms with Crippen molar-refractivity contribution in [1.29, 1.82) is 0 Å². The summed E-state index contributed by atoms with van der Waals surface area (Å²) in [5.74, 6) is 0.446. The SMILES string of the molecule is Cc1ccsc1-c1cccc(NC(=O)N[C@H](C)C[S@@](C)=O)c1. The molecule has 1 heterocycles. The van der Waals surface area contributed by atoms with Crippen molar-refractivity contribution in [3.8, 4) is 10.4 Å². The van der Waals surface area contributed by atoms with Gasteiger partial charge in [0, 0.05) is 39.4 Å². The molecule has 1 aromatic heterocycles. The fourth-order valence-electron chi connectivity index (χ4n) is 2.19. The van der Waals surface area contributed by atoms with E-state index < -0.39 is 10.8 Å². The summed E-state index contributed by atoms with van der Waals surface area (Å²) in [5, 5.41) is 7.67. The van der Waals surface area contributed by atoms with E-state index in [1.807, 2.05) is 31.2 Å². The fraction of sp³-hybridized carbons (Fsp3) is 0.312. The zero-order valence-corrected chi connectivity index (χ0v) is 14.5. The predicted octanol–water partition coefficient (Wildman–Crippen LogP) is 3.61. The number of carbonyl (C=O) groups is 1. The van der Waals surface area contributed by atoms with Crippen LogP contribution in [0.1, 0.15) is 12.5 Å². The Bertz CT molecular complexity index is 682. The minimum atomic E-state index is -0.926. The van der Waals surface area contributed by atoms with Crippen LogP contribution in [0.15, 0.2) is 35.7 Å². The zero-order valence-electron chi connectivity index (χ0n) is 12.9. The normalized spacial score (nSPS) is 13.4. The smallest absolute Gasteiger partial charge is 0.319 e. The monoisotopic (exact) mass is 336 g/mol. The number of rotatable bonds is 5. The molecule has 6 heteroatoms. The molecule has 4 nitrogen and oxygen atoms in total. The van der Waals surface area contributed by atoms with E-state index >= 15 is 0 Å². The number of amides is 2. The molecule has 2 N–H and O–H groups in total. The molecule has 0 bridgehead atoms. The highest BCUT2D eigenvalue weighted by Crippen LogP contribution is 2.30. The topological polar surface area (TPSA) is 58.2 Å². The van der Waals surface area contributed by atoms with Gasteiger partial charge in [-0.2, -0.15) is 0 Å². The van der Waals surface area contributed by atoms with Crippen LogP contribution < -0.4 is 10.6 Å². The second kappa shape index (κ2) is 7.56. The highest BCUT2D eigenvalue weighted by molar-refractivity contribution is 7.84. The third kappa shape index (κ3) is 4.68. The quantitative estimate of drug-likeness (QED) is 0.876. The molecule has 0 spiro atoms. The van der Waals surface area contributed by atoms with Gasteiger partial charge in [-0.15, -0.1) is 11.3 Å². The van der Waals surface area contributed by atoms with E-state index in [1.165, 1.54) is 10.4 Å². The Morgan fingerprint density at radius 1 is 1.36 bits per heavy atom. The van der Waals surface area contributed by atoms with Crippen molar-refractivity contribution in [3.63, 3.8) is 0 Å². The van der Waals surface area contributed by atoms with E-state index in [9.17, 15) is 9.00 Å². The third-order valence-corrected chi connectivity index (χ3v) is 5.14. The van der Waals surface area contributed by atoms with Gasteiger partial charge in [0.2, 0.25) is 0 Å². The van der Waals surface area contributed by atoms with Crippen LogP contribution in [0.5, 0.6) is 0 Å². The third-order valence-electron chi connectivity index (χ3n) is 3.11. The Hall–Kier alpha value is -1.66. The number of anilines is 1. The Morgan fingerprint density at radius 3 is 2.77 bits per heavy atom. The molecule has 2 rings (SSSR count). The molecule has 0 aliphatic rings. The van der Waals surface area contributed by atoms with Gasteiger partial charge in [0.1, 0.15) is 0 Å². The van der Waals surface area contributed by atoms with Gasteiger partial charge >= 0.3 is 6.03 Å². The Morgan fingerprint density at radius 2 is 2.14 bits per heavy atom. The summed E-state index contributed by atoms with van der Waals surface area (Å²) in [7, 11) is -0.926. The maximum absolute atomic E-state index is 12.0. The number of carbonyl (C=O) groups excluding carboxylic acids is 1. The maximum Gasteiger partial charge on any atom is 0.319 e. The molecule has 2 aromatic rings. The molecule has 0 saturated carbocycles. The van der Waals surface area contributed by atoms with E-state index in [-0.39, 0.29) is 12.1 Å². The average Bonchev–Trinajstić information content (AvgIpc) is 2.84. The molecule has 0 saturated heterocycles. The Kier molecular flexibility index (Phi) is 5.74. The number of hydrogen-bond acceptors (Lipinski definition) is 3. The number of benzene rings is 1. The number of thiophene rings is 1. The van der Waals surface area contributed by atoms with Crippen LogP contribution in [-0.2, 0) is 10.8 Å². The molecule has 0 fully saturated rings. The van der Waals surface area contributed by atoms with Gasteiger partial charge in [-0.25, -0.2) is 4.79 Å². The lowest BCUT2D eigenvalue weighted by atomic mass is 10.1. The molecule has 2 amide bonds. The minimum absolute atomic E-state index is 0.131. The van der Waals surface area contributed by atoms with Crippen LogP contribution in [0.4, 0.5) is 10.5 Å². The number of aryl methyl sites for hydroxylation is 1. The van der Waals surface area contributed by atoms with Gasteiger partial charge in [-0.1, -0.05) is 12.1 Å². The highest BCUT2D eigenvalue weighted by Gasteiger charge is 2.10. The second-order valence-corrected chi connectivity index (χ2v) is 7.65. The van der Waals surface area contributed by atoms with Crippen molar-refractivity contribution in [2.45, 2.75) is 19.9 Å². The van der Waals surface area contributed by atoms with Crippen LogP contribution in [0.25, 0.3) is 10.4 Å². The highest BCUT2D eigenvalue weighted by atomic mass is 32.2. The first kappa shape index (κ1) is 16.7. The molecular weight excluding hydrogens is 316 g/mol. The molecule has 22 heavy (non-hydrogen) atoms. The molecule has 2 atom stereocenters. The maximum atomic E-state index is 12.0. The van der Waals surface area contributed by atoms with Crippen molar-refractivity contribution in [1.82, 2.24) is 5.32 Å². The first-order chi connectivity index (χ1) is 10.5. The lowest BCUT2D eigenvalue weighted by Crippen LogP contribution is -2.39. The number of nitrogens with one attached hydrogen (secondary N) is 2. The van der Waals surface area contributed by atoms with Gasteiger partial charge in [-0.3, -0.25) is 4.21 Å². The second-order valence-electron chi connectivity index (χ2n) is 5.25. The molecule has 0 aliphatic carbocycles. The first-order valence-electron chi connectivity index (χ1n) is 6.98. The number of hydrogen-bond donors (Lipinski definition) is 2. The summed E-state index contributed by atoms with van der Waals surface area (Å²) >= 11 is 1.69. The van der Waals surface area contributed by atoms with Crippen LogP contribution in [0, 0.1) is 6.92 Å². The van der Waals surface area contributed by atoms with Gasteiger partial charge in [0.25, 0.3) is 0 Å². The van der Waals surface area contributed by atoms with E-state index in [4.69, 9.17) is 0 Å². The van der Waals surface area contributed by atoms with Crippen LogP contribution in [-0.4, -0.2) is 28.3 Å². The summed E-state index contributed by atoms with van der Waals surface area (Å²) in [6.45, 7) is 3.91. The van der Waals surface area contributed by atoms with Crippen molar-refractivity contribution in [3.05, 3.63) is 41.3 Å². The molecule has 0 aliphatic heterocycles. The molecular formula is C16H20N2O2S2. The zero-order chi connectivity index (χ0) is 16.1. The van der Waals surface area contributed by atoms with Crippen molar-refractivity contribution in [2.75, 3.05) is 17.3 Å². The van der Waals surface area contributed by atoms with Gasteiger partial charge in [0.05, 0.1) is 0 Å². The lowest BCUT2D eigenvalue weighted by molar-refractivity contribution is 0.250. The van der Waals surface area contributed by atoms with Gasteiger partial charge < -0.3 is 10.6 Å². The fourth-order valence-corrected chi connectivity index (χ4v) is 3.90. The Labute approximate surface area is 137 Å². The van der Waals surface area contributed by atoms with Crippen molar-refractivity contribution >= 4 is 33.9 Å². The van der Waals surface area contributed by atoms with Crippen LogP contribution in [0.2, 0.25) is 0 Å². The van der Waals surface area contributed by atoms with E-state index in [1.54, 1.807) is 17.6 Å². The predicted molar refractivity (Wildman–Crippen MR) is 95.0 cm³/mol. The summed E-state index contributed by atoms with van der Waals surface area (Å²) in [5.41, 5.74) is 3.06. The van der Waals surface area contributed by atoms with E-state index in [2.05, 4.69) is 29.0 Å². The van der Waals surface area contributed by atoms with Crippen LogP contribution in [0.3, 0.4) is 0 Å². The van der Waals surface area contributed by atoms with Crippen LogP contribution >= 0.6 is 11.3 Å².